The van der Waals surface area contributed by atoms with Crippen molar-refractivity contribution in [2.45, 2.75) is 0 Å². The summed E-state index contributed by atoms with van der Waals surface area (Å²) in [4.78, 5) is 31.0. The fourth-order valence-electron chi connectivity index (χ4n) is 21.8. The third-order valence-electron chi connectivity index (χ3n) is 27.9. The first-order valence-corrected chi connectivity index (χ1v) is 46.8. The van der Waals surface area contributed by atoms with E-state index >= 15 is 0 Å². The van der Waals surface area contributed by atoms with Gasteiger partial charge in [-0.05, 0) is 155 Å². The molecule has 0 unspecified atom stereocenters. The SMILES string of the molecule is c1ccc(-c2ccc(-c3nc4ccccc4nc3-n3c4ccccc4c4cc5c(cc43)c3ccccc3n5-c3cccc4ccccc34)cc2)cc1.c1ccc(-c2nc3ccccc3nc2-n2c3ccccc3c3cc4c(cc32)c2ccccc2n4-c2cccc3ccccc23)cc1.c1ccc2c(-n3c4ccccc4c4cc5c(cc43)c3ccccc3n5-c3cnc4ccccc4n3)cccc2c1. The quantitative estimate of drug-likeness (QED) is 0.142. The van der Waals surface area contributed by atoms with Crippen LogP contribution < -0.4 is 0 Å². The maximum Gasteiger partial charge on any atom is 0.165 e. The van der Waals surface area contributed by atoms with E-state index < -0.39 is 0 Å². The predicted molar refractivity (Wildman–Crippen MR) is 573 cm³/mol. The molecule has 21 aromatic carbocycles. The second-order valence-corrected chi connectivity index (χ2v) is 35.6. The Morgan fingerprint density at radius 2 is 0.384 bits per heavy atom. The van der Waals surface area contributed by atoms with E-state index in [2.05, 4.69) is 422 Å². The van der Waals surface area contributed by atoms with Crippen LogP contribution in [0.1, 0.15) is 0 Å². The predicted octanol–water partition coefficient (Wildman–Crippen LogP) is 31.9. The first-order chi connectivity index (χ1) is 68.5. The van der Waals surface area contributed by atoms with Crippen LogP contribution in [0, 0.1) is 0 Å². The van der Waals surface area contributed by atoms with Gasteiger partial charge in [-0.1, -0.05) is 340 Å². The smallest absolute Gasteiger partial charge is 0.165 e. The maximum atomic E-state index is 5.40. The molecule has 0 saturated carbocycles. The van der Waals surface area contributed by atoms with E-state index in [0.717, 1.165) is 106 Å². The number of hydrogen-bond acceptors (Lipinski definition) is 6. The topological polar surface area (TPSA) is 107 Å². The van der Waals surface area contributed by atoms with E-state index in [1.54, 1.807) is 0 Å². The van der Waals surface area contributed by atoms with Crippen LogP contribution in [-0.2, 0) is 0 Å². The summed E-state index contributed by atoms with van der Waals surface area (Å²) in [6.45, 7) is 0. The Kier molecular flexibility index (Phi) is 17.8. The fraction of sp³-hybridized carbons (Fsp3) is 0. The van der Waals surface area contributed by atoms with E-state index in [0.29, 0.717) is 0 Å². The standard InChI is InChI=1S/C48H30N4.C42H26N4.C36H22N4/c1-2-13-31(14-3-1)32-25-27-34(28-26-32)47-48(50-41-21-9-8-20-40(41)49-47)52-44-23-11-7-19-37(44)39-29-45-38(30-46(39)52)36-18-6-10-22-43(36)51(45)42-24-12-16-33-15-4-5-17-35(33)42;1-2-14-28(15-3-1)41-42(44-35-21-9-8-20-34(35)43-41)46-38-23-11-7-19-31(38)33-25-39-32(26-40(33)46)30-18-6-10-22-37(30)45(39)36-24-12-16-27-13-4-5-17-29(27)36;1-2-12-24-23(10-1)11-9-19-31(24)39-32-17-7-3-13-25(32)27-21-35-28(20-34(27)39)26-14-4-8-18-33(26)40(35)36-22-37-29-15-5-6-16-30(29)38-36/h1-30H;1-26H;1-22H. The molecule has 30 aromatic rings. The zero-order valence-corrected chi connectivity index (χ0v) is 74.4. The summed E-state index contributed by atoms with van der Waals surface area (Å²) in [5.41, 5.74) is 28.7. The average molecular weight is 1760 g/mol. The highest BCUT2D eigenvalue weighted by atomic mass is 15.1. The number of hydrogen-bond donors (Lipinski definition) is 0. The molecule has 0 aliphatic rings. The maximum absolute atomic E-state index is 5.40. The fourth-order valence-corrected chi connectivity index (χ4v) is 21.8. The van der Waals surface area contributed by atoms with Crippen molar-refractivity contribution < 1.29 is 0 Å². The monoisotopic (exact) mass is 1760 g/mol. The van der Waals surface area contributed by atoms with Crippen LogP contribution in [0.4, 0.5) is 0 Å². The molecule has 0 bridgehead atoms. The molecule has 642 valence electrons. The van der Waals surface area contributed by atoms with Crippen LogP contribution in [-0.4, -0.2) is 57.3 Å². The van der Waals surface area contributed by atoms with Crippen LogP contribution >= 0.6 is 0 Å². The van der Waals surface area contributed by atoms with Gasteiger partial charge in [0.25, 0.3) is 0 Å². The van der Waals surface area contributed by atoms with Crippen LogP contribution in [0.25, 0.3) is 264 Å². The van der Waals surface area contributed by atoms with Crippen molar-refractivity contribution in [1.82, 2.24) is 57.3 Å². The first-order valence-electron chi connectivity index (χ1n) is 46.8. The van der Waals surface area contributed by atoms with Gasteiger partial charge in [0.15, 0.2) is 17.5 Å². The third-order valence-corrected chi connectivity index (χ3v) is 27.9. The van der Waals surface area contributed by atoms with Crippen molar-refractivity contribution in [1.29, 1.82) is 0 Å². The van der Waals surface area contributed by atoms with Crippen LogP contribution in [0.15, 0.2) is 473 Å². The minimum atomic E-state index is 0.814. The molecule has 0 aliphatic heterocycles. The molecule has 12 heteroatoms. The molecule has 12 nitrogen and oxygen atoms in total. The summed E-state index contributed by atoms with van der Waals surface area (Å²) in [5, 5.41) is 21.8. The lowest BCUT2D eigenvalue weighted by Crippen LogP contribution is -2.03. The van der Waals surface area contributed by atoms with Crippen LogP contribution in [0.3, 0.4) is 0 Å². The van der Waals surface area contributed by atoms with Gasteiger partial charge in [-0.25, -0.2) is 24.9 Å². The number of fused-ring (bicyclic) bond motifs is 24. The molecular weight excluding hydrogens is 1680 g/mol. The molecule has 30 rings (SSSR count). The molecule has 0 aliphatic carbocycles. The van der Waals surface area contributed by atoms with Gasteiger partial charge in [0.2, 0.25) is 0 Å². The Balaban J connectivity index is 0.000000103. The normalized spacial score (nSPS) is 11.9. The largest absolute Gasteiger partial charge is 0.309 e. The summed E-state index contributed by atoms with van der Waals surface area (Å²) in [6, 6.07) is 166. The highest BCUT2D eigenvalue weighted by Gasteiger charge is 2.28. The molecule has 0 atom stereocenters. The number of nitrogens with zero attached hydrogens (tertiary/aromatic N) is 12. The number of aromatic nitrogens is 12. The summed E-state index contributed by atoms with van der Waals surface area (Å²) < 4.78 is 14.2. The van der Waals surface area contributed by atoms with Gasteiger partial charge in [-0.15, -0.1) is 0 Å². The lowest BCUT2D eigenvalue weighted by atomic mass is 10.0. The van der Waals surface area contributed by atoms with Gasteiger partial charge >= 0.3 is 0 Å². The molecule has 0 amide bonds. The van der Waals surface area contributed by atoms with E-state index in [-0.39, 0.29) is 0 Å². The second kappa shape index (κ2) is 31.5. The molecular formula is C126H78N12. The van der Waals surface area contributed by atoms with E-state index in [1.807, 2.05) is 79.0 Å². The van der Waals surface area contributed by atoms with Crippen molar-refractivity contribution in [2.24, 2.45) is 0 Å². The van der Waals surface area contributed by atoms with E-state index in [9.17, 15) is 0 Å². The summed E-state index contributed by atoms with van der Waals surface area (Å²) >= 11 is 0. The van der Waals surface area contributed by atoms with Gasteiger partial charge in [0.1, 0.15) is 11.4 Å². The van der Waals surface area contributed by atoms with E-state index in [1.165, 1.54) is 158 Å². The number of rotatable bonds is 9. The zero-order chi connectivity index (χ0) is 90.6. The average Bonchev–Trinajstić information content (AvgIpc) is 1.56. The zero-order valence-electron chi connectivity index (χ0n) is 74.4. The van der Waals surface area contributed by atoms with Gasteiger partial charge in [-0.3, -0.25) is 18.7 Å². The lowest BCUT2D eigenvalue weighted by molar-refractivity contribution is 1.08. The van der Waals surface area contributed by atoms with E-state index in [4.69, 9.17) is 29.9 Å². The molecule has 138 heavy (non-hydrogen) atoms. The Labute approximate surface area is 789 Å². The first kappa shape index (κ1) is 77.9. The molecule has 9 heterocycles. The van der Waals surface area contributed by atoms with Crippen molar-refractivity contribution >= 4 is 196 Å². The third kappa shape index (κ3) is 12.3. The number of para-hydroxylation sites is 12. The molecule has 9 aromatic heterocycles. The van der Waals surface area contributed by atoms with Crippen molar-refractivity contribution in [2.75, 3.05) is 0 Å². The lowest BCUT2D eigenvalue weighted by Gasteiger charge is -2.14. The number of benzene rings is 21. The van der Waals surface area contributed by atoms with Crippen LogP contribution in [0.5, 0.6) is 0 Å². The Morgan fingerprint density at radius 3 is 0.746 bits per heavy atom. The Bertz CT molecular complexity index is 10300. The molecule has 0 fully saturated rings. The highest BCUT2D eigenvalue weighted by Crippen LogP contribution is 2.48. The highest BCUT2D eigenvalue weighted by molar-refractivity contribution is 6.24. The summed E-state index contributed by atoms with van der Waals surface area (Å²) in [5.74, 6) is 2.46. The second-order valence-electron chi connectivity index (χ2n) is 35.6. The van der Waals surface area contributed by atoms with Gasteiger partial charge in [0.05, 0.1) is 123 Å². The van der Waals surface area contributed by atoms with Crippen LogP contribution in [0.2, 0.25) is 0 Å². The van der Waals surface area contributed by atoms with Crippen molar-refractivity contribution in [3.05, 3.63) is 473 Å². The van der Waals surface area contributed by atoms with Gasteiger partial charge in [0, 0.05) is 91.9 Å². The summed E-state index contributed by atoms with van der Waals surface area (Å²) in [7, 11) is 0. The Hall–Kier alpha value is -18.8. The molecule has 0 spiro atoms. The van der Waals surface area contributed by atoms with Crippen molar-refractivity contribution in [3.63, 3.8) is 0 Å². The Morgan fingerprint density at radius 1 is 0.145 bits per heavy atom. The van der Waals surface area contributed by atoms with Crippen molar-refractivity contribution in [3.8, 4) is 68.2 Å². The van der Waals surface area contributed by atoms with Gasteiger partial charge < -0.3 is 13.7 Å². The molecule has 0 N–H and O–H groups in total. The molecule has 0 saturated heterocycles. The summed E-state index contributed by atoms with van der Waals surface area (Å²) in [6.07, 6.45) is 1.89. The molecule has 0 radical (unpaired) electrons. The minimum absolute atomic E-state index is 0.814. The van der Waals surface area contributed by atoms with Gasteiger partial charge in [-0.2, -0.15) is 0 Å². The minimum Gasteiger partial charge on any atom is -0.309 e.